The van der Waals surface area contributed by atoms with Gasteiger partial charge in [0.25, 0.3) is 0 Å². The van der Waals surface area contributed by atoms with E-state index in [1.165, 1.54) is 7.11 Å². The number of methoxy groups -OCH3 is 1. The maximum Gasteiger partial charge on any atom is 0.312 e. The van der Waals surface area contributed by atoms with Crippen molar-refractivity contribution in [1.29, 1.82) is 0 Å². The summed E-state index contributed by atoms with van der Waals surface area (Å²) in [5.74, 6) is 0.486. The molecule has 0 fully saturated rings. The predicted molar refractivity (Wildman–Crippen MR) is 62.2 cm³/mol. The van der Waals surface area contributed by atoms with Crippen LogP contribution in [-0.4, -0.2) is 42.4 Å². The van der Waals surface area contributed by atoms with Crippen LogP contribution in [0, 0.1) is 5.41 Å². The molecule has 0 amide bonds. The van der Waals surface area contributed by atoms with Crippen LogP contribution in [0.5, 0.6) is 0 Å². The predicted octanol–water partition coefficient (Wildman–Crippen LogP) is 0.544. The number of ether oxygens (including phenoxy) is 1. The van der Waals surface area contributed by atoms with Crippen molar-refractivity contribution in [2.45, 2.75) is 20.3 Å². The van der Waals surface area contributed by atoms with Crippen molar-refractivity contribution in [3.63, 3.8) is 0 Å². The van der Waals surface area contributed by atoms with Gasteiger partial charge in [-0.2, -0.15) is 0 Å². The summed E-state index contributed by atoms with van der Waals surface area (Å²) in [6.07, 6.45) is 2.55. The van der Waals surface area contributed by atoms with Gasteiger partial charge < -0.3 is 10.1 Å². The Labute approximate surface area is 94.2 Å². The minimum atomic E-state index is -0.732. The fourth-order valence-electron chi connectivity index (χ4n) is 1.15. The topological polar surface area (TPSA) is 55.4 Å². The van der Waals surface area contributed by atoms with Crippen molar-refractivity contribution in [2.24, 2.45) is 5.41 Å². The molecule has 0 aromatic carbocycles. The largest absolute Gasteiger partial charge is 0.469 e. The van der Waals surface area contributed by atoms with Crippen LogP contribution in [0.3, 0.4) is 0 Å². The summed E-state index contributed by atoms with van der Waals surface area (Å²) in [4.78, 5) is 11.3. The highest BCUT2D eigenvalue weighted by Gasteiger charge is 2.27. The summed E-state index contributed by atoms with van der Waals surface area (Å²) in [7, 11) is 0.661. The third-order valence-corrected chi connectivity index (χ3v) is 2.95. The van der Waals surface area contributed by atoms with Crippen molar-refractivity contribution in [2.75, 3.05) is 32.2 Å². The molecular weight excluding hydrogens is 214 g/mol. The quantitative estimate of drug-likeness (QED) is 0.517. The van der Waals surface area contributed by atoms with Crippen LogP contribution in [0.2, 0.25) is 0 Å². The summed E-state index contributed by atoms with van der Waals surface area (Å²) in [6.45, 7) is 5.03. The van der Waals surface area contributed by atoms with Gasteiger partial charge in [0.1, 0.15) is 0 Å². The molecule has 0 aromatic heterocycles. The molecule has 0 aliphatic carbocycles. The van der Waals surface area contributed by atoms with Crippen LogP contribution in [0.15, 0.2) is 0 Å². The summed E-state index contributed by atoms with van der Waals surface area (Å²) in [5, 5.41) is 3.16. The third kappa shape index (κ3) is 6.62. The number of hydrogen-bond donors (Lipinski definition) is 1. The van der Waals surface area contributed by atoms with Crippen molar-refractivity contribution in [3.8, 4) is 0 Å². The lowest BCUT2D eigenvalue weighted by molar-refractivity contribution is -0.150. The average Bonchev–Trinajstić information content (AvgIpc) is 2.15. The van der Waals surface area contributed by atoms with E-state index in [4.69, 9.17) is 0 Å². The van der Waals surface area contributed by atoms with Gasteiger partial charge in [0.05, 0.1) is 12.5 Å². The number of esters is 1. The van der Waals surface area contributed by atoms with Crippen LogP contribution in [0.25, 0.3) is 0 Å². The fourth-order valence-corrected chi connectivity index (χ4v) is 1.70. The van der Waals surface area contributed by atoms with Crippen LogP contribution in [0.1, 0.15) is 20.3 Å². The minimum absolute atomic E-state index is 0.214. The highest BCUT2D eigenvalue weighted by molar-refractivity contribution is 7.84. The molecule has 1 N–H and O–H groups in total. The second-order valence-electron chi connectivity index (χ2n) is 4.18. The molecule has 1 atom stereocenters. The minimum Gasteiger partial charge on any atom is -0.469 e. The Morgan fingerprint density at radius 1 is 1.47 bits per heavy atom. The van der Waals surface area contributed by atoms with Gasteiger partial charge in [0.15, 0.2) is 0 Å². The number of hydrogen-bond acceptors (Lipinski definition) is 4. The molecule has 4 nitrogen and oxygen atoms in total. The molecule has 0 aliphatic rings. The van der Waals surface area contributed by atoms with Gasteiger partial charge in [-0.05, 0) is 26.8 Å². The van der Waals surface area contributed by atoms with E-state index in [9.17, 15) is 9.00 Å². The Morgan fingerprint density at radius 3 is 2.53 bits per heavy atom. The second kappa shape index (κ2) is 6.95. The van der Waals surface area contributed by atoms with Gasteiger partial charge in [-0.25, -0.2) is 0 Å². The molecule has 0 heterocycles. The highest BCUT2D eigenvalue weighted by atomic mass is 32.2. The third-order valence-electron chi connectivity index (χ3n) is 2.09. The maximum atomic E-state index is 11.3. The lowest BCUT2D eigenvalue weighted by atomic mass is 9.94. The molecule has 0 aromatic rings. The summed E-state index contributed by atoms with van der Waals surface area (Å²) >= 11 is 0. The first-order chi connectivity index (χ1) is 6.90. The smallest absolute Gasteiger partial charge is 0.312 e. The van der Waals surface area contributed by atoms with E-state index >= 15 is 0 Å². The van der Waals surface area contributed by atoms with Gasteiger partial charge in [-0.3, -0.25) is 9.00 Å². The Kier molecular flexibility index (Phi) is 6.76. The first-order valence-electron chi connectivity index (χ1n) is 4.99. The lowest BCUT2D eigenvalue weighted by Crippen LogP contribution is -2.37. The Morgan fingerprint density at radius 2 is 2.07 bits per heavy atom. The fraction of sp³-hybridized carbons (Fsp3) is 0.900. The van der Waals surface area contributed by atoms with Gasteiger partial charge in [-0.1, -0.05) is 0 Å². The first kappa shape index (κ1) is 14.6. The highest BCUT2D eigenvalue weighted by Crippen LogP contribution is 2.14. The molecular formula is C10H21NO3S. The van der Waals surface area contributed by atoms with E-state index in [1.807, 2.05) is 13.8 Å². The Balaban J connectivity index is 3.66. The van der Waals surface area contributed by atoms with Crippen molar-refractivity contribution in [3.05, 3.63) is 0 Å². The molecule has 0 bridgehead atoms. The van der Waals surface area contributed by atoms with E-state index in [2.05, 4.69) is 10.1 Å². The van der Waals surface area contributed by atoms with E-state index in [0.29, 0.717) is 12.3 Å². The lowest BCUT2D eigenvalue weighted by Gasteiger charge is -2.21. The molecule has 15 heavy (non-hydrogen) atoms. The number of carbonyl (C=O) groups excluding carboxylic acids is 1. The second-order valence-corrected chi connectivity index (χ2v) is 5.74. The molecule has 0 spiro atoms. The number of carbonyl (C=O) groups is 1. The van der Waals surface area contributed by atoms with E-state index in [-0.39, 0.29) is 5.97 Å². The first-order valence-corrected chi connectivity index (χ1v) is 6.72. The summed E-state index contributed by atoms with van der Waals surface area (Å²) < 4.78 is 15.5. The molecule has 90 valence electrons. The van der Waals surface area contributed by atoms with Crippen molar-refractivity contribution >= 4 is 16.8 Å². The monoisotopic (exact) mass is 235 g/mol. The molecule has 0 saturated carbocycles. The van der Waals surface area contributed by atoms with Gasteiger partial charge in [0, 0.05) is 29.4 Å². The zero-order valence-corrected chi connectivity index (χ0v) is 10.8. The SMILES string of the molecule is COC(=O)C(C)(C)CNCCCS(C)=O. The van der Waals surface area contributed by atoms with E-state index < -0.39 is 16.2 Å². The normalized spacial score (nSPS) is 13.6. The molecule has 1 unspecified atom stereocenters. The summed E-state index contributed by atoms with van der Waals surface area (Å²) in [5.41, 5.74) is -0.500. The molecule has 0 saturated heterocycles. The van der Waals surface area contributed by atoms with Crippen molar-refractivity contribution < 1.29 is 13.7 Å². The van der Waals surface area contributed by atoms with E-state index in [0.717, 1.165) is 13.0 Å². The molecule has 0 rings (SSSR count). The van der Waals surface area contributed by atoms with Crippen LogP contribution < -0.4 is 5.32 Å². The number of nitrogens with one attached hydrogen (secondary N) is 1. The van der Waals surface area contributed by atoms with Crippen molar-refractivity contribution in [1.82, 2.24) is 5.32 Å². The molecule has 0 radical (unpaired) electrons. The van der Waals surface area contributed by atoms with Crippen LogP contribution in [-0.2, 0) is 20.3 Å². The zero-order valence-electron chi connectivity index (χ0n) is 9.96. The van der Waals surface area contributed by atoms with E-state index in [1.54, 1.807) is 6.26 Å². The standard InChI is InChI=1S/C10H21NO3S/c1-10(2,9(12)14-3)8-11-6-5-7-15(4)13/h11H,5-8H2,1-4H3. The van der Waals surface area contributed by atoms with Gasteiger partial charge in [-0.15, -0.1) is 0 Å². The maximum absolute atomic E-state index is 11.3. The van der Waals surface area contributed by atoms with Gasteiger partial charge in [0.2, 0.25) is 0 Å². The van der Waals surface area contributed by atoms with Crippen LogP contribution >= 0.6 is 0 Å². The Hall–Kier alpha value is -0.420. The zero-order chi connectivity index (χ0) is 11.9. The Bertz CT molecular complexity index is 229. The average molecular weight is 235 g/mol. The van der Waals surface area contributed by atoms with Gasteiger partial charge >= 0.3 is 5.97 Å². The molecule has 5 heteroatoms. The molecule has 0 aliphatic heterocycles. The summed E-state index contributed by atoms with van der Waals surface area (Å²) in [6, 6.07) is 0. The van der Waals surface area contributed by atoms with Crippen LogP contribution in [0.4, 0.5) is 0 Å². The number of rotatable bonds is 7.